The van der Waals surface area contributed by atoms with E-state index in [0.29, 0.717) is 23.1 Å². The van der Waals surface area contributed by atoms with Crippen molar-refractivity contribution in [3.8, 4) is 5.75 Å². The molecule has 1 unspecified atom stereocenters. The highest BCUT2D eigenvalue weighted by Gasteiger charge is 2.57. The molecule has 176 valence electrons. The average molecular weight is 447 g/mol. The van der Waals surface area contributed by atoms with Crippen LogP contribution < -0.4 is 0 Å². The second-order valence-corrected chi connectivity index (χ2v) is 11.4. The van der Waals surface area contributed by atoms with Crippen molar-refractivity contribution in [3.63, 3.8) is 0 Å². The number of benzene rings is 2. The lowest BCUT2D eigenvalue weighted by Crippen LogP contribution is -2.58. The zero-order valence-electron chi connectivity index (χ0n) is 20.2. The molecule has 4 heteroatoms. The molecule has 2 aliphatic heterocycles. The first-order valence-electron chi connectivity index (χ1n) is 12.9. The van der Waals surface area contributed by atoms with E-state index in [1.165, 1.54) is 49.2 Å². The molecule has 2 saturated heterocycles. The van der Waals surface area contributed by atoms with Gasteiger partial charge in [0.15, 0.2) is 0 Å². The Morgan fingerprint density at radius 2 is 1.85 bits per heavy atom. The molecule has 1 N–H and O–H groups in total. The Hall–Kier alpha value is -1.88. The van der Waals surface area contributed by atoms with Gasteiger partial charge in [-0.1, -0.05) is 50.2 Å². The number of hydrogen-bond donors (Lipinski definition) is 1. The van der Waals surface area contributed by atoms with Crippen LogP contribution in [0.4, 0.5) is 0 Å². The van der Waals surface area contributed by atoms with Crippen molar-refractivity contribution in [1.82, 2.24) is 9.80 Å². The summed E-state index contributed by atoms with van der Waals surface area (Å²) in [6.07, 6.45) is 3.59. The normalized spacial score (nSPS) is 36.4. The number of rotatable bonds is 5. The van der Waals surface area contributed by atoms with E-state index in [-0.39, 0.29) is 5.41 Å². The van der Waals surface area contributed by atoms with Gasteiger partial charge in [0.25, 0.3) is 0 Å². The molecule has 2 bridgehead atoms. The minimum atomic E-state index is 0.168. The van der Waals surface area contributed by atoms with Crippen LogP contribution in [-0.2, 0) is 22.0 Å². The zero-order valence-corrected chi connectivity index (χ0v) is 20.2. The molecule has 1 saturated carbocycles. The predicted octanol–water partition coefficient (Wildman–Crippen LogP) is 4.21. The Bertz CT molecular complexity index is 1000. The van der Waals surface area contributed by atoms with Gasteiger partial charge in [-0.05, 0) is 71.9 Å². The molecule has 5 atom stereocenters. The average Bonchev–Trinajstić information content (AvgIpc) is 3.53. The minimum absolute atomic E-state index is 0.168. The van der Waals surface area contributed by atoms with Gasteiger partial charge < -0.3 is 9.84 Å². The second-order valence-electron chi connectivity index (χ2n) is 11.4. The molecular weight excluding hydrogens is 408 g/mol. The van der Waals surface area contributed by atoms with Gasteiger partial charge in [-0.3, -0.25) is 9.80 Å². The van der Waals surface area contributed by atoms with Crippen molar-refractivity contribution >= 4 is 0 Å². The minimum Gasteiger partial charge on any atom is -0.508 e. The van der Waals surface area contributed by atoms with Gasteiger partial charge in [0.2, 0.25) is 0 Å². The van der Waals surface area contributed by atoms with Gasteiger partial charge >= 0.3 is 0 Å². The molecule has 4 nitrogen and oxygen atoms in total. The van der Waals surface area contributed by atoms with Crippen LogP contribution in [0, 0.1) is 11.8 Å². The van der Waals surface area contributed by atoms with E-state index in [2.05, 4.69) is 60.0 Å². The third-order valence-corrected chi connectivity index (χ3v) is 9.75. The van der Waals surface area contributed by atoms with Gasteiger partial charge in [-0.25, -0.2) is 0 Å². The maximum atomic E-state index is 10.1. The van der Waals surface area contributed by atoms with Crippen molar-refractivity contribution < 1.29 is 9.84 Å². The number of phenols is 1. The predicted molar refractivity (Wildman–Crippen MR) is 132 cm³/mol. The highest BCUT2D eigenvalue weighted by atomic mass is 16.5. The Kier molecular flexibility index (Phi) is 5.32. The number of ether oxygens (including phenoxy) is 1. The summed E-state index contributed by atoms with van der Waals surface area (Å²) in [6.45, 7) is 12.3. The summed E-state index contributed by atoms with van der Waals surface area (Å²) in [4.78, 5) is 5.46. The van der Waals surface area contributed by atoms with E-state index < -0.39 is 0 Å². The zero-order chi connectivity index (χ0) is 22.6. The standard InChI is InChI=1S/C29H38N2O2/c1-21-27-16-22-8-9-25(32)17-26(22)28(21,2)10-11-31(27)19-24-18-29(24,23-6-4-3-5-7-23)20-30-12-14-33-15-13-30/h3-9,17,21,24,27,32H,10-16,18-20H2,1-2H3/t21-,24-,27?,28+,29+/m0/s1. The molecule has 0 amide bonds. The van der Waals surface area contributed by atoms with Crippen molar-refractivity contribution in [2.75, 3.05) is 45.9 Å². The Morgan fingerprint density at radius 3 is 2.64 bits per heavy atom. The molecule has 2 heterocycles. The monoisotopic (exact) mass is 446 g/mol. The van der Waals surface area contributed by atoms with Gasteiger partial charge in [-0.2, -0.15) is 0 Å². The molecule has 3 fully saturated rings. The molecule has 0 spiro atoms. The van der Waals surface area contributed by atoms with E-state index in [1.54, 1.807) is 0 Å². The van der Waals surface area contributed by atoms with Crippen LogP contribution in [0.2, 0.25) is 0 Å². The summed E-state index contributed by atoms with van der Waals surface area (Å²) in [5.41, 5.74) is 4.83. The fraction of sp³-hybridized carbons (Fsp3) is 0.586. The fourth-order valence-corrected chi connectivity index (χ4v) is 7.39. The first kappa shape index (κ1) is 21.6. The Morgan fingerprint density at radius 1 is 1.06 bits per heavy atom. The number of fused-ring (bicyclic) bond motifs is 4. The lowest BCUT2D eigenvalue weighted by atomic mass is 9.59. The number of hydrogen-bond acceptors (Lipinski definition) is 4. The number of phenolic OH excluding ortho intramolecular Hbond substituents is 1. The number of morpholine rings is 1. The topological polar surface area (TPSA) is 35.9 Å². The van der Waals surface area contributed by atoms with Crippen LogP contribution in [0.3, 0.4) is 0 Å². The number of likely N-dealkylation sites (tertiary alicyclic amines) is 1. The van der Waals surface area contributed by atoms with Crippen molar-refractivity contribution in [3.05, 3.63) is 65.2 Å². The van der Waals surface area contributed by atoms with Crippen LogP contribution in [0.5, 0.6) is 5.75 Å². The molecule has 2 aliphatic carbocycles. The van der Waals surface area contributed by atoms with E-state index in [1.807, 2.05) is 12.1 Å². The smallest absolute Gasteiger partial charge is 0.115 e. The van der Waals surface area contributed by atoms with Crippen LogP contribution in [-0.4, -0.2) is 66.9 Å². The number of aromatic hydroxyl groups is 1. The highest BCUT2D eigenvalue weighted by molar-refractivity contribution is 5.44. The quantitative estimate of drug-likeness (QED) is 0.747. The molecule has 0 aromatic heterocycles. The summed E-state index contributed by atoms with van der Waals surface area (Å²) >= 11 is 0. The van der Waals surface area contributed by atoms with Crippen molar-refractivity contribution in [2.45, 2.75) is 50.0 Å². The lowest BCUT2D eigenvalue weighted by molar-refractivity contribution is 0.0212. The molecule has 2 aromatic carbocycles. The first-order valence-corrected chi connectivity index (χ1v) is 12.9. The second kappa shape index (κ2) is 8.11. The van der Waals surface area contributed by atoms with Crippen LogP contribution in [0.15, 0.2) is 48.5 Å². The van der Waals surface area contributed by atoms with E-state index in [9.17, 15) is 5.11 Å². The summed E-state index contributed by atoms with van der Waals surface area (Å²) in [5.74, 6) is 1.74. The van der Waals surface area contributed by atoms with Gasteiger partial charge in [0, 0.05) is 37.6 Å². The van der Waals surface area contributed by atoms with E-state index in [4.69, 9.17) is 4.74 Å². The molecule has 4 aliphatic rings. The largest absolute Gasteiger partial charge is 0.508 e. The maximum absolute atomic E-state index is 10.1. The van der Waals surface area contributed by atoms with Gasteiger partial charge in [0.1, 0.15) is 5.75 Å². The summed E-state index contributed by atoms with van der Waals surface area (Å²) in [5, 5.41) is 10.1. The van der Waals surface area contributed by atoms with E-state index in [0.717, 1.165) is 38.6 Å². The molecule has 0 radical (unpaired) electrons. The molecule has 6 rings (SSSR count). The SMILES string of the molecule is C[C@H]1C2Cc3ccc(O)cc3[C@]1(C)CCN2C[C@@H]1C[C@@]1(CN1CCOCC1)c1ccccc1. The van der Waals surface area contributed by atoms with E-state index >= 15 is 0 Å². The van der Waals surface area contributed by atoms with Crippen molar-refractivity contribution in [1.29, 1.82) is 0 Å². The summed E-state index contributed by atoms with van der Waals surface area (Å²) < 4.78 is 5.63. The van der Waals surface area contributed by atoms with Crippen LogP contribution in [0.25, 0.3) is 0 Å². The Labute approximate surface area is 198 Å². The van der Waals surface area contributed by atoms with Gasteiger partial charge in [0.05, 0.1) is 13.2 Å². The Balaban J connectivity index is 1.24. The third kappa shape index (κ3) is 3.62. The molecule has 33 heavy (non-hydrogen) atoms. The van der Waals surface area contributed by atoms with Crippen molar-refractivity contribution in [2.24, 2.45) is 11.8 Å². The maximum Gasteiger partial charge on any atom is 0.115 e. The number of nitrogens with zero attached hydrogens (tertiary/aromatic N) is 2. The molecule has 2 aromatic rings. The first-order chi connectivity index (χ1) is 16.0. The summed E-state index contributed by atoms with van der Waals surface area (Å²) in [6, 6.07) is 18.0. The third-order valence-electron chi connectivity index (χ3n) is 9.75. The molecular formula is C29H38N2O2. The van der Waals surface area contributed by atoms with Crippen LogP contribution >= 0.6 is 0 Å². The van der Waals surface area contributed by atoms with Crippen LogP contribution in [0.1, 0.15) is 43.4 Å². The number of piperidine rings is 1. The summed E-state index contributed by atoms with van der Waals surface area (Å²) in [7, 11) is 0. The fourth-order valence-electron chi connectivity index (χ4n) is 7.39. The lowest BCUT2D eigenvalue weighted by Gasteiger charge is -2.55. The van der Waals surface area contributed by atoms with Gasteiger partial charge in [-0.15, -0.1) is 0 Å². The highest BCUT2D eigenvalue weighted by Crippen LogP contribution is 2.57.